The minimum absolute atomic E-state index is 0. The zero-order valence-corrected chi connectivity index (χ0v) is 32.7. The maximum atomic E-state index is 12.6. The van der Waals surface area contributed by atoms with Crippen molar-refractivity contribution in [3.63, 3.8) is 0 Å². The Morgan fingerprint density at radius 2 is 0.980 bits per heavy atom. The van der Waals surface area contributed by atoms with Gasteiger partial charge in [0.05, 0.1) is 72.9 Å². The van der Waals surface area contributed by atoms with Gasteiger partial charge >= 0.3 is 23.1 Å². The van der Waals surface area contributed by atoms with Gasteiger partial charge in [0.25, 0.3) is 0 Å². The Kier molecular flexibility index (Phi) is 16.0. The number of rotatable bonds is 10. The summed E-state index contributed by atoms with van der Waals surface area (Å²) in [5.41, 5.74) is 7.87. The van der Waals surface area contributed by atoms with E-state index in [1.54, 1.807) is 77.2 Å². The van der Waals surface area contributed by atoms with Crippen LogP contribution in [0.2, 0.25) is 0 Å². The van der Waals surface area contributed by atoms with Crippen LogP contribution in [-0.4, -0.2) is 90.8 Å². The molecule has 2 aromatic carbocycles. The molecule has 0 bridgehead atoms. The summed E-state index contributed by atoms with van der Waals surface area (Å²) in [5.74, 6) is 3.43. The maximum Gasteiger partial charge on any atom is 2.00 e. The first kappa shape index (κ1) is 43.0. The Morgan fingerprint density at radius 3 is 1.31 bits per heavy atom. The molecule has 268 valence electrons. The number of aromatic nitrogens is 6. The van der Waals surface area contributed by atoms with Gasteiger partial charge in [-0.25, -0.2) is 0 Å². The Labute approximate surface area is 316 Å². The third kappa shape index (κ3) is 9.60. The summed E-state index contributed by atoms with van der Waals surface area (Å²) < 4.78 is 46.4. The number of pyridine rings is 2. The predicted octanol–water partition coefficient (Wildman–Crippen LogP) is 3.03. The summed E-state index contributed by atoms with van der Waals surface area (Å²) in [6.45, 7) is 7.69. The number of hydrogen-bond donors (Lipinski definition) is 0. The van der Waals surface area contributed by atoms with Gasteiger partial charge in [-0.3, -0.25) is 18.4 Å². The average Bonchev–Trinajstić information content (AvgIpc) is 3.72. The number of fused-ring (bicyclic) bond motifs is 2. The third-order valence-electron chi connectivity index (χ3n) is 7.67. The van der Waals surface area contributed by atoms with Gasteiger partial charge in [0.1, 0.15) is 23.0 Å². The first-order chi connectivity index (χ1) is 23.1. The molecule has 0 fully saturated rings. The summed E-state index contributed by atoms with van der Waals surface area (Å²) in [6.07, 6.45) is 3.46. The topological polar surface area (TPSA) is 214 Å². The average molecular weight is 749 g/mol. The van der Waals surface area contributed by atoms with E-state index in [9.17, 15) is 8.42 Å². The van der Waals surface area contributed by atoms with Crippen molar-refractivity contribution in [1.29, 1.82) is 0 Å². The second kappa shape index (κ2) is 18.9. The van der Waals surface area contributed by atoms with Gasteiger partial charge in [0, 0.05) is 45.0 Å². The van der Waals surface area contributed by atoms with Gasteiger partial charge < -0.3 is 49.8 Å². The molecule has 6 aromatic rings. The molecular weight excluding hydrogens is 709 g/mol. The minimum atomic E-state index is -1.38. The molecule has 51 heavy (non-hydrogen) atoms. The van der Waals surface area contributed by atoms with Crippen LogP contribution in [0.5, 0.6) is 23.0 Å². The molecule has 4 heterocycles. The van der Waals surface area contributed by atoms with Crippen LogP contribution in [0.4, 0.5) is 0 Å². The van der Waals surface area contributed by atoms with Gasteiger partial charge in [0.15, 0.2) is 0 Å². The Bertz CT molecular complexity index is 2010. The molecule has 0 aliphatic carbocycles. The fourth-order valence-electron chi connectivity index (χ4n) is 5.11. The zero-order chi connectivity index (χ0) is 34.5. The second-order valence-electron chi connectivity index (χ2n) is 10.8. The van der Waals surface area contributed by atoms with Crippen LogP contribution in [0.15, 0.2) is 59.1 Å². The van der Waals surface area contributed by atoms with Crippen LogP contribution in [0.25, 0.3) is 22.1 Å². The van der Waals surface area contributed by atoms with Gasteiger partial charge in [-0.15, -0.1) is 0 Å². The van der Waals surface area contributed by atoms with Crippen molar-refractivity contribution < 1.29 is 38.3 Å². The molecule has 14 nitrogen and oxygen atoms in total. The van der Waals surface area contributed by atoms with Crippen molar-refractivity contribution in [3.05, 3.63) is 82.4 Å². The van der Waals surface area contributed by atoms with Crippen molar-refractivity contribution in [3.8, 4) is 23.0 Å². The standard InChI is InChI=1S/2C17H18N3O3S.Mg.2H2O/c2*1-10-8-18-15(11(2)16(10)23-4)9-24(21)17-19-13-6-5-12(22-3)7-14(13)20-17;;;/h2*5-8H,9H2,1-4H3;;2*1H2/q2*-1;+2;;/t2*24-;;;/m00.../s1. The van der Waals surface area contributed by atoms with E-state index < -0.39 is 21.6 Å². The normalized spacial score (nSPS) is 11.6. The maximum absolute atomic E-state index is 12.6. The van der Waals surface area contributed by atoms with Crippen LogP contribution in [0.3, 0.4) is 0 Å². The van der Waals surface area contributed by atoms with Crippen molar-refractivity contribution >= 4 is 66.7 Å². The monoisotopic (exact) mass is 748 g/mol. The molecule has 0 spiro atoms. The van der Waals surface area contributed by atoms with Crippen molar-refractivity contribution in [2.75, 3.05) is 28.4 Å². The summed E-state index contributed by atoms with van der Waals surface area (Å²) in [7, 11) is 3.66. The van der Waals surface area contributed by atoms with Crippen molar-refractivity contribution in [2.45, 2.75) is 49.5 Å². The van der Waals surface area contributed by atoms with Crippen LogP contribution in [0.1, 0.15) is 33.6 Å². The van der Waals surface area contributed by atoms with E-state index >= 15 is 0 Å². The molecule has 2 atom stereocenters. The number of imidazole rings is 2. The second-order valence-corrected chi connectivity index (χ2v) is 13.5. The van der Waals surface area contributed by atoms with E-state index in [2.05, 4.69) is 29.9 Å². The molecule has 0 aliphatic rings. The first-order valence-corrected chi connectivity index (χ1v) is 17.4. The smallest absolute Gasteiger partial charge is 0.497 e. The van der Waals surface area contributed by atoms with E-state index in [1.807, 2.05) is 27.7 Å². The largest absolute Gasteiger partial charge is 2.00 e. The number of nitrogens with zero attached hydrogens (tertiary/aromatic N) is 6. The van der Waals surface area contributed by atoms with Gasteiger partial charge in [-0.05, 0) is 74.0 Å². The molecule has 0 saturated heterocycles. The fraction of sp³-hybridized carbons (Fsp3) is 0.294. The fourth-order valence-corrected chi connectivity index (χ4v) is 7.24. The molecule has 17 heteroatoms. The molecule has 6 rings (SSSR count). The first-order valence-electron chi connectivity index (χ1n) is 14.8. The van der Waals surface area contributed by atoms with E-state index in [1.165, 1.54) is 0 Å². The summed E-state index contributed by atoms with van der Waals surface area (Å²) >= 11 is 0. The molecule has 0 aliphatic heterocycles. The summed E-state index contributed by atoms with van der Waals surface area (Å²) in [4.78, 5) is 26.2. The Hall–Kier alpha value is -4.13. The molecule has 4 aromatic heterocycles. The summed E-state index contributed by atoms with van der Waals surface area (Å²) in [6, 6.07) is 10.8. The van der Waals surface area contributed by atoms with Crippen molar-refractivity contribution in [1.82, 2.24) is 29.9 Å². The van der Waals surface area contributed by atoms with E-state index in [0.717, 1.165) is 45.1 Å². The Balaban J connectivity index is 0.000000334. The minimum Gasteiger partial charge on any atom is -0.497 e. The number of aryl methyl sites for hydroxylation is 2. The third-order valence-corrected chi connectivity index (χ3v) is 9.92. The molecule has 0 unspecified atom stereocenters. The number of ether oxygens (including phenoxy) is 4. The molecule has 4 N–H and O–H groups in total. The van der Waals surface area contributed by atoms with Crippen molar-refractivity contribution in [2.24, 2.45) is 0 Å². The number of methoxy groups -OCH3 is 4. The van der Waals surface area contributed by atoms with Crippen LogP contribution in [0, 0.1) is 27.7 Å². The van der Waals surface area contributed by atoms with E-state index in [-0.39, 0.29) is 45.5 Å². The predicted molar refractivity (Wildman–Crippen MR) is 197 cm³/mol. The van der Waals surface area contributed by atoms with Gasteiger partial charge in [-0.2, -0.15) is 0 Å². The quantitative estimate of drug-likeness (QED) is 0.185. The Morgan fingerprint density at radius 1 is 0.608 bits per heavy atom. The van der Waals surface area contributed by atoms with Crippen LogP contribution >= 0.6 is 0 Å². The van der Waals surface area contributed by atoms with Crippen LogP contribution in [-0.2, 0) is 33.1 Å². The van der Waals surface area contributed by atoms with Crippen LogP contribution < -0.4 is 28.9 Å². The SMILES string of the molecule is COc1ccc2[n-]c([S@@](=O)Cc3ncc(C)c(OC)c3C)nc2c1.COc1ccc2[n-]c([S@@](=O)Cc3ncc(C)c(OC)c3C)nc2c1.O.O.[Mg+2]. The number of hydrogen-bond acceptors (Lipinski definition) is 10. The molecule has 0 amide bonds. The molecule has 0 radical (unpaired) electrons. The van der Waals surface area contributed by atoms with E-state index in [4.69, 9.17) is 18.9 Å². The molecule has 0 saturated carbocycles. The summed E-state index contributed by atoms with van der Waals surface area (Å²) in [5, 5.41) is 0.609. The number of benzene rings is 2. The zero-order valence-electron chi connectivity index (χ0n) is 29.7. The molecular formula is C34H40MgN6O8S2. The van der Waals surface area contributed by atoms with Gasteiger partial charge in [0.2, 0.25) is 0 Å². The van der Waals surface area contributed by atoms with E-state index in [0.29, 0.717) is 43.9 Å². The van der Waals surface area contributed by atoms with Gasteiger partial charge in [-0.1, -0.05) is 12.1 Å².